The zero-order chi connectivity index (χ0) is 21.7. The Morgan fingerprint density at radius 2 is 1.81 bits per heavy atom. The molecule has 3 N–H and O–H groups in total. The fraction of sp³-hybridized carbons (Fsp3) is 0.250. The van der Waals surface area contributed by atoms with E-state index in [1.807, 2.05) is 44.2 Å². The number of para-hydroxylation sites is 2. The van der Waals surface area contributed by atoms with Crippen molar-refractivity contribution in [2.24, 2.45) is 0 Å². The Morgan fingerprint density at radius 1 is 1.06 bits per heavy atom. The number of aromatic nitrogens is 3. The van der Waals surface area contributed by atoms with Gasteiger partial charge < -0.3 is 10.1 Å². The molecule has 31 heavy (non-hydrogen) atoms. The highest BCUT2D eigenvalue weighted by atomic mass is 16.3. The SMILES string of the molecule is CCN1CCc2c([nH]c3ccccc23)[C@@H]1c1c(O)n(-c2ccccc2C)c(=O)[nH]c1=O. The zero-order valence-electron chi connectivity index (χ0n) is 17.5. The smallest absolute Gasteiger partial charge is 0.335 e. The summed E-state index contributed by atoms with van der Waals surface area (Å²) in [5, 5.41) is 12.4. The van der Waals surface area contributed by atoms with Gasteiger partial charge in [0.05, 0.1) is 11.7 Å². The number of rotatable bonds is 3. The molecular formula is C24H24N4O3. The Kier molecular flexibility index (Phi) is 4.55. The highest BCUT2D eigenvalue weighted by molar-refractivity contribution is 5.85. The summed E-state index contributed by atoms with van der Waals surface area (Å²) >= 11 is 0. The van der Waals surface area contributed by atoms with Crippen molar-refractivity contribution in [1.82, 2.24) is 19.4 Å². The van der Waals surface area contributed by atoms with Crippen LogP contribution in [0.15, 0.2) is 58.1 Å². The van der Waals surface area contributed by atoms with Crippen molar-refractivity contribution in [3.8, 4) is 11.6 Å². The molecule has 4 aromatic rings. The molecule has 2 aromatic carbocycles. The van der Waals surface area contributed by atoms with Crippen LogP contribution in [0.2, 0.25) is 0 Å². The van der Waals surface area contributed by atoms with E-state index in [-0.39, 0.29) is 11.4 Å². The molecule has 0 bridgehead atoms. The van der Waals surface area contributed by atoms with Crippen LogP contribution in [0.5, 0.6) is 5.88 Å². The van der Waals surface area contributed by atoms with Gasteiger partial charge in [-0.05, 0) is 43.1 Å². The summed E-state index contributed by atoms with van der Waals surface area (Å²) in [5.74, 6) is -0.321. The molecule has 5 rings (SSSR count). The van der Waals surface area contributed by atoms with Crippen LogP contribution < -0.4 is 11.2 Å². The second-order valence-electron chi connectivity index (χ2n) is 7.96. The molecule has 2 aromatic heterocycles. The van der Waals surface area contributed by atoms with Crippen LogP contribution in [-0.2, 0) is 6.42 Å². The van der Waals surface area contributed by atoms with Gasteiger partial charge in [-0.1, -0.05) is 43.3 Å². The largest absolute Gasteiger partial charge is 0.494 e. The molecule has 0 radical (unpaired) electrons. The lowest BCUT2D eigenvalue weighted by atomic mass is 9.93. The van der Waals surface area contributed by atoms with Crippen LogP contribution in [0.1, 0.15) is 35.3 Å². The van der Waals surface area contributed by atoms with E-state index >= 15 is 0 Å². The minimum atomic E-state index is -0.656. The number of benzene rings is 2. The van der Waals surface area contributed by atoms with Crippen LogP contribution in [0.3, 0.4) is 0 Å². The van der Waals surface area contributed by atoms with Gasteiger partial charge in [0, 0.05) is 23.1 Å². The first-order valence-electron chi connectivity index (χ1n) is 10.5. The number of hydrogen-bond donors (Lipinski definition) is 3. The number of nitrogens with one attached hydrogen (secondary N) is 2. The predicted octanol–water partition coefficient (Wildman–Crippen LogP) is 2.99. The molecule has 1 aliphatic heterocycles. The fourth-order valence-corrected chi connectivity index (χ4v) is 4.78. The van der Waals surface area contributed by atoms with Crippen molar-refractivity contribution in [2.75, 3.05) is 13.1 Å². The molecule has 0 spiro atoms. The van der Waals surface area contributed by atoms with Crippen molar-refractivity contribution in [3.05, 3.63) is 91.8 Å². The van der Waals surface area contributed by atoms with Gasteiger partial charge in [-0.15, -0.1) is 0 Å². The third-order valence-corrected chi connectivity index (χ3v) is 6.29. The van der Waals surface area contributed by atoms with Crippen molar-refractivity contribution in [1.29, 1.82) is 0 Å². The Morgan fingerprint density at radius 3 is 2.58 bits per heavy atom. The van der Waals surface area contributed by atoms with E-state index in [0.717, 1.165) is 40.7 Å². The molecule has 7 nitrogen and oxygen atoms in total. The van der Waals surface area contributed by atoms with E-state index in [9.17, 15) is 14.7 Å². The number of fused-ring (bicyclic) bond motifs is 3. The molecule has 0 saturated heterocycles. The number of likely N-dealkylation sites (N-methyl/N-ethyl adjacent to an activating group) is 1. The lowest BCUT2D eigenvalue weighted by Gasteiger charge is -2.35. The van der Waals surface area contributed by atoms with Gasteiger partial charge in [0.2, 0.25) is 5.88 Å². The first kappa shape index (κ1) is 19.4. The standard InChI is InChI=1S/C24H24N4O3/c1-3-27-13-12-16-15-9-5-6-10-17(15)25-20(16)21(27)19-22(29)26-24(31)28(23(19)30)18-11-7-4-8-14(18)2/h4-11,21,25,30H,3,12-13H2,1-2H3,(H,26,29,31)/t21-/m0/s1. The van der Waals surface area contributed by atoms with E-state index in [1.165, 1.54) is 4.57 Å². The number of H-pyrrole nitrogens is 2. The molecule has 7 heteroatoms. The first-order valence-corrected chi connectivity index (χ1v) is 10.5. The molecule has 0 amide bonds. The van der Waals surface area contributed by atoms with Crippen LogP contribution in [0, 0.1) is 6.92 Å². The minimum absolute atomic E-state index is 0.178. The monoisotopic (exact) mass is 416 g/mol. The second-order valence-corrected chi connectivity index (χ2v) is 7.96. The lowest BCUT2D eigenvalue weighted by Crippen LogP contribution is -2.41. The highest BCUT2D eigenvalue weighted by Gasteiger charge is 2.35. The van der Waals surface area contributed by atoms with Gasteiger partial charge in [0.15, 0.2) is 0 Å². The fourth-order valence-electron chi connectivity index (χ4n) is 4.78. The average molecular weight is 416 g/mol. The maximum Gasteiger partial charge on any atom is 0.335 e. The van der Waals surface area contributed by atoms with Gasteiger partial charge in [-0.25, -0.2) is 9.36 Å². The summed E-state index contributed by atoms with van der Waals surface area (Å²) in [4.78, 5) is 33.8. The maximum absolute atomic E-state index is 13.0. The van der Waals surface area contributed by atoms with E-state index < -0.39 is 17.3 Å². The van der Waals surface area contributed by atoms with Gasteiger partial charge >= 0.3 is 5.69 Å². The Bertz CT molecular complexity index is 1410. The van der Waals surface area contributed by atoms with Crippen LogP contribution in [0.4, 0.5) is 0 Å². The number of aromatic amines is 2. The zero-order valence-corrected chi connectivity index (χ0v) is 17.5. The Hall–Kier alpha value is -3.58. The quantitative estimate of drug-likeness (QED) is 0.479. The van der Waals surface area contributed by atoms with Crippen molar-refractivity contribution < 1.29 is 5.11 Å². The molecule has 0 saturated carbocycles. The number of nitrogens with zero attached hydrogens (tertiary/aromatic N) is 2. The normalized spacial score (nSPS) is 16.5. The summed E-state index contributed by atoms with van der Waals surface area (Å²) in [6.07, 6.45) is 0.847. The Balaban J connectivity index is 1.81. The predicted molar refractivity (Wildman–Crippen MR) is 120 cm³/mol. The highest BCUT2D eigenvalue weighted by Crippen LogP contribution is 2.39. The van der Waals surface area contributed by atoms with Gasteiger partial charge in [0.1, 0.15) is 5.56 Å². The lowest BCUT2D eigenvalue weighted by molar-refractivity contribution is 0.215. The van der Waals surface area contributed by atoms with Crippen LogP contribution >= 0.6 is 0 Å². The number of aryl methyl sites for hydroxylation is 1. The van der Waals surface area contributed by atoms with Crippen LogP contribution in [-0.4, -0.2) is 37.6 Å². The van der Waals surface area contributed by atoms with Gasteiger partial charge in [-0.3, -0.25) is 14.7 Å². The second kappa shape index (κ2) is 7.28. The molecule has 0 fully saturated rings. The topological polar surface area (TPSA) is 94.1 Å². The number of hydrogen-bond acceptors (Lipinski definition) is 4. The summed E-state index contributed by atoms with van der Waals surface area (Å²) in [6, 6.07) is 14.9. The van der Waals surface area contributed by atoms with Crippen molar-refractivity contribution in [2.45, 2.75) is 26.3 Å². The average Bonchev–Trinajstić information content (AvgIpc) is 3.14. The van der Waals surface area contributed by atoms with Crippen molar-refractivity contribution in [3.63, 3.8) is 0 Å². The first-order chi connectivity index (χ1) is 15.0. The summed E-state index contributed by atoms with van der Waals surface area (Å²) < 4.78 is 1.19. The van der Waals surface area contributed by atoms with E-state index in [0.29, 0.717) is 12.2 Å². The Labute approximate surface area is 178 Å². The maximum atomic E-state index is 13.0. The molecule has 1 atom stereocenters. The number of aromatic hydroxyl groups is 1. The van der Waals surface area contributed by atoms with Gasteiger partial charge in [0.25, 0.3) is 5.56 Å². The molecule has 3 heterocycles. The molecule has 0 aliphatic carbocycles. The molecule has 1 aliphatic rings. The molecule has 0 unspecified atom stereocenters. The summed E-state index contributed by atoms with van der Waals surface area (Å²) in [5.41, 5.74) is 3.36. The van der Waals surface area contributed by atoms with Gasteiger partial charge in [-0.2, -0.15) is 0 Å². The van der Waals surface area contributed by atoms with E-state index in [2.05, 4.69) is 20.9 Å². The van der Waals surface area contributed by atoms with E-state index in [1.54, 1.807) is 12.1 Å². The third kappa shape index (κ3) is 2.92. The van der Waals surface area contributed by atoms with E-state index in [4.69, 9.17) is 0 Å². The molecule has 158 valence electrons. The minimum Gasteiger partial charge on any atom is -0.494 e. The van der Waals surface area contributed by atoms with Crippen molar-refractivity contribution >= 4 is 10.9 Å². The summed E-state index contributed by atoms with van der Waals surface area (Å²) in [7, 11) is 0. The summed E-state index contributed by atoms with van der Waals surface area (Å²) in [6.45, 7) is 5.34. The molecular weight excluding hydrogens is 392 g/mol. The third-order valence-electron chi connectivity index (χ3n) is 6.29. The van der Waals surface area contributed by atoms with Crippen LogP contribution in [0.25, 0.3) is 16.6 Å².